The number of hydrogen-bond acceptors (Lipinski definition) is 8. The lowest BCUT2D eigenvalue weighted by Gasteiger charge is -2.55. The largest absolute Gasteiger partial charge is 0.450 e. The van der Waals surface area contributed by atoms with E-state index in [-0.39, 0.29) is 44.9 Å². The molecule has 37 heavy (non-hydrogen) atoms. The summed E-state index contributed by atoms with van der Waals surface area (Å²) < 4.78 is 5.16. The van der Waals surface area contributed by atoms with Crippen LogP contribution in [0.2, 0.25) is 0 Å². The zero-order chi connectivity index (χ0) is 26.3. The zero-order valence-corrected chi connectivity index (χ0v) is 20.1. The Hall–Kier alpha value is -4.48. The SMILES string of the molecule is CCOC(=O)N1CCN2c3ccc([N+](=O)[O-])cc3C[C@@]3(C(=O)NC(=O)N(Cc4ccccc4)C3=O)[C@H]2C1. The second-order valence-corrected chi connectivity index (χ2v) is 9.21. The number of nitro groups is 1. The fourth-order valence-corrected chi connectivity index (χ4v) is 5.46. The number of nitrogens with one attached hydrogen (secondary N) is 1. The first-order valence-electron chi connectivity index (χ1n) is 11.9. The number of imide groups is 2. The first-order valence-corrected chi connectivity index (χ1v) is 11.9. The number of hydrogen-bond donors (Lipinski definition) is 1. The second-order valence-electron chi connectivity index (χ2n) is 9.21. The maximum Gasteiger partial charge on any atom is 0.409 e. The molecule has 2 saturated heterocycles. The number of ether oxygens (including phenoxy) is 1. The summed E-state index contributed by atoms with van der Waals surface area (Å²) in [6.07, 6.45) is -0.724. The van der Waals surface area contributed by atoms with Crippen molar-refractivity contribution >= 4 is 35.3 Å². The van der Waals surface area contributed by atoms with Gasteiger partial charge in [0.25, 0.3) is 5.69 Å². The van der Waals surface area contributed by atoms with Crippen LogP contribution in [0.25, 0.3) is 0 Å². The van der Waals surface area contributed by atoms with Crippen molar-refractivity contribution in [2.24, 2.45) is 5.41 Å². The van der Waals surface area contributed by atoms with Gasteiger partial charge in [-0.25, -0.2) is 9.59 Å². The Morgan fingerprint density at radius 3 is 2.62 bits per heavy atom. The molecule has 2 aromatic carbocycles. The van der Waals surface area contributed by atoms with E-state index in [0.29, 0.717) is 16.8 Å². The molecule has 1 N–H and O–H groups in total. The van der Waals surface area contributed by atoms with E-state index in [1.165, 1.54) is 17.0 Å². The van der Waals surface area contributed by atoms with Crippen molar-refractivity contribution in [2.75, 3.05) is 31.1 Å². The van der Waals surface area contributed by atoms with Gasteiger partial charge in [0.15, 0.2) is 5.41 Å². The number of amides is 5. The third-order valence-electron chi connectivity index (χ3n) is 7.21. The van der Waals surface area contributed by atoms with Gasteiger partial charge in [-0.1, -0.05) is 30.3 Å². The molecule has 3 aliphatic heterocycles. The zero-order valence-electron chi connectivity index (χ0n) is 20.1. The fraction of sp³-hybridized carbons (Fsp3) is 0.360. The van der Waals surface area contributed by atoms with Gasteiger partial charge in [-0.15, -0.1) is 0 Å². The molecule has 1 spiro atoms. The smallest absolute Gasteiger partial charge is 0.409 e. The molecule has 5 amide bonds. The molecule has 5 rings (SSSR count). The van der Waals surface area contributed by atoms with Crippen LogP contribution < -0.4 is 10.2 Å². The van der Waals surface area contributed by atoms with Crippen molar-refractivity contribution in [3.63, 3.8) is 0 Å². The lowest BCUT2D eigenvalue weighted by Crippen LogP contribution is -2.75. The Labute approximate surface area is 211 Å². The van der Waals surface area contributed by atoms with Crippen molar-refractivity contribution in [1.82, 2.24) is 15.1 Å². The second kappa shape index (κ2) is 9.19. The average Bonchev–Trinajstić information content (AvgIpc) is 2.90. The first kappa shape index (κ1) is 24.2. The summed E-state index contributed by atoms with van der Waals surface area (Å²) in [4.78, 5) is 68.4. The minimum absolute atomic E-state index is 0.00177. The number of piperazine rings is 1. The molecule has 2 atom stereocenters. The van der Waals surface area contributed by atoms with Crippen LogP contribution in [0.15, 0.2) is 48.5 Å². The topological polar surface area (TPSA) is 142 Å². The Morgan fingerprint density at radius 1 is 1.16 bits per heavy atom. The van der Waals surface area contributed by atoms with Crippen LogP contribution in [-0.2, 0) is 27.3 Å². The highest BCUT2D eigenvalue weighted by molar-refractivity contribution is 6.20. The van der Waals surface area contributed by atoms with E-state index in [0.717, 1.165) is 4.90 Å². The van der Waals surface area contributed by atoms with E-state index < -0.39 is 40.3 Å². The molecular weight excluding hydrogens is 482 g/mol. The molecule has 0 bridgehead atoms. The van der Waals surface area contributed by atoms with Gasteiger partial charge < -0.3 is 14.5 Å². The number of carbonyl (C=O) groups excluding carboxylic acids is 4. The Kier molecular flexibility index (Phi) is 6.02. The quantitative estimate of drug-likeness (QED) is 0.376. The molecule has 12 nitrogen and oxygen atoms in total. The molecule has 3 aliphatic rings. The van der Waals surface area contributed by atoms with E-state index in [9.17, 15) is 29.3 Å². The van der Waals surface area contributed by atoms with Gasteiger partial charge in [-0.2, -0.15) is 0 Å². The summed E-state index contributed by atoms with van der Waals surface area (Å²) in [7, 11) is 0. The standard InChI is InChI=1S/C25H25N5O7/c1-2-37-24(34)27-10-11-28-19-9-8-18(30(35)36)12-17(19)13-25(20(28)15-27)21(31)26-23(33)29(22(25)32)14-16-6-4-3-5-7-16/h3-9,12,20H,2,10-11,13-15H2,1H3,(H,26,31,33)/t20-,25+/m1/s1. The number of carbonyl (C=O) groups is 4. The lowest BCUT2D eigenvalue weighted by molar-refractivity contribution is -0.384. The normalized spacial score (nSPS) is 22.9. The summed E-state index contributed by atoms with van der Waals surface area (Å²) in [5, 5.41) is 13.8. The van der Waals surface area contributed by atoms with Gasteiger partial charge in [0.1, 0.15) is 0 Å². The van der Waals surface area contributed by atoms with Gasteiger partial charge in [-0.05, 0) is 24.1 Å². The molecule has 2 aromatic rings. The maximum atomic E-state index is 14.2. The Balaban J connectivity index is 1.61. The average molecular weight is 508 g/mol. The van der Waals surface area contributed by atoms with Gasteiger partial charge >= 0.3 is 12.1 Å². The number of fused-ring (bicyclic) bond motifs is 4. The number of benzene rings is 2. The number of anilines is 1. The van der Waals surface area contributed by atoms with Crippen molar-refractivity contribution in [3.8, 4) is 0 Å². The fourth-order valence-electron chi connectivity index (χ4n) is 5.46. The molecule has 0 radical (unpaired) electrons. The summed E-state index contributed by atoms with van der Waals surface area (Å²) in [6.45, 7) is 2.33. The van der Waals surface area contributed by atoms with Crippen LogP contribution in [-0.4, -0.2) is 70.9 Å². The van der Waals surface area contributed by atoms with Gasteiger partial charge in [-0.3, -0.25) is 29.9 Å². The van der Waals surface area contributed by atoms with Crippen LogP contribution in [0, 0.1) is 15.5 Å². The minimum Gasteiger partial charge on any atom is -0.450 e. The lowest BCUT2D eigenvalue weighted by atomic mass is 9.67. The molecular formula is C25H25N5O7. The third-order valence-corrected chi connectivity index (χ3v) is 7.21. The highest BCUT2D eigenvalue weighted by atomic mass is 16.6. The molecule has 0 unspecified atom stereocenters. The number of nitro benzene ring substituents is 1. The summed E-state index contributed by atoms with van der Waals surface area (Å²) >= 11 is 0. The number of non-ortho nitro benzene ring substituents is 1. The van der Waals surface area contributed by atoms with Crippen LogP contribution in [0.4, 0.5) is 21.0 Å². The van der Waals surface area contributed by atoms with Gasteiger partial charge in [0, 0.05) is 43.9 Å². The first-order chi connectivity index (χ1) is 17.8. The van der Waals surface area contributed by atoms with E-state index in [4.69, 9.17) is 4.74 Å². The monoisotopic (exact) mass is 507 g/mol. The highest BCUT2D eigenvalue weighted by Gasteiger charge is 2.63. The highest BCUT2D eigenvalue weighted by Crippen LogP contribution is 2.46. The van der Waals surface area contributed by atoms with Crippen molar-refractivity contribution in [1.29, 1.82) is 0 Å². The van der Waals surface area contributed by atoms with Crippen molar-refractivity contribution < 1.29 is 28.8 Å². The van der Waals surface area contributed by atoms with Crippen molar-refractivity contribution in [3.05, 3.63) is 69.8 Å². The van der Waals surface area contributed by atoms with Gasteiger partial charge in [0.2, 0.25) is 11.8 Å². The maximum absolute atomic E-state index is 14.2. The molecule has 12 heteroatoms. The summed E-state index contributed by atoms with van der Waals surface area (Å²) in [5.74, 6) is -1.49. The Morgan fingerprint density at radius 2 is 1.92 bits per heavy atom. The van der Waals surface area contributed by atoms with E-state index in [2.05, 4.69) is 5.32 Å². The van der Waals surface area contributed by atoms with E-state index in [1.807, 2.05) is 11.0 Å². The van der Waals surface area contributed by atoms with Crippen LogP contribution in [0.5, 0.6) is 0 Å². The van der Waals surface area contributed by atoms with E-state index >= 15 is 0 Å². The van der Waals surface area contributed by atoms with Gasteiger partial charge in [0.05, 0.1) is 24.1 Å². The Bertz CT molecular complexity index is 1300. The third kappa shape index (κ3) is 3.94. The predicted molar refractivity (Wildman–Crippen MR) is 129 cm³/mol. The number of nitrogens with zero attached hydrogens (tertiary/aromatic N) is 4. The minimum atomic E-state index is -1.80. The number of urea groups is 1. The van der Waals surface area contributed by atoms with Crippen LogP contribution in [0.1, 0.15) is 18.1 Å². The van der Waals surface area contributed by atoms with Crippen molar-refractivity contribution in [2.45, 2.75) is 25.9 Å². The molecule has 2 fully saturated rings. The summed E-state index contributed by atoms with van der Waals surface area (Å²) in [6, 6.07) is 11.6. The van der Waals surface area contributed by atoms with E-state index in [1.54, 1.807) is 37.3 Å². The molecule has 0 saturated carbocycles. The van der Waals surface area contributed by atoms with Crippen LogP contribution >= 0.6 is 0 Å². The number of rotatable bonds is 4. The van der Waals surface area contributed by atoms with Crippen LogP contribution in [0.3, 0.4) is 0 Å². The molecule has 3 heterocycles. The predicted octanol–water partition coefficient (Wildman–Crippen LogP) is 2.06. The molecule has 0 aliphatic carbocycles. The molecule has 0 aromatic heterocycles. The summed E-state index contributed by atoms with van der Waals surface area (Å²) in [5.41, 5.74) is -0.172. The number of barbiturate groups is 1. The molecule has 192 valence electrons.